The summed E-state index contributed by atoms with van der Waals surface area (Å²) in [7, 11) is 1.95. The van der Waals surface area contributed by atoms with E-state index in [1.165, 1.54) is 5.56 Å². The molecular formula is C11H20N4O. The normalized spacial score (nSPS) is 22.6. The summed E-state index contributed by atoms with van der Waals surface area (Å²) in [5.74, 6) is 6.13. The SMILES string of the molecule is CCc1nn(C)cc1C(NN)C1CCOC1. The van der Waals surface area contributed by atoms with E-state index in [-0.39, 0.29) is 6.04 Å². The average Bonchev–Trinajstić information content (AvgIpc) is 2.89. The van der Waals surface area contributed by atoms with E-state index in [1.54, 1.807) is 0 Å². The lowest BCUT2D eigenvalue weighted by molar-refractivity contribution is 0.176. The molecular weight excluding hydrogens is 204 g/mol. The summed E-state index contributed by atoms with van der Waals surface area (Å²) in [6, 6.07) is 0.158. The molecule has 90 valence electrons. The first-order valence-electron chi connectivity index (χ1n) is 5.82. The summed E-state index contributed by atoms with van der Waals surface area (Å²) < 4.78 is 7.27. The first-order valence-corrected chi connectivity index (χ1v) is 5.82. The number of ether oxygens (including phenoxy) is 1. The lowest BCUT2D eigenvalue weighted by Gasteiger charge is -2.21. The fraction of sp³-hybridized carbons (Fsp3) is 0.727. The number of aromatic nitrogens is 2. The predicted octanol–water partition coefficient (Wildman–Crippen LogP) is 0.523. The van der Waals surface area contributed by atoms with Crippen LogP contribution in [0.4, 0.5) is 0 Å². The lowest BCUT2D eigenvalue weighted by Crippen LogP contribution is -2.34. The maximum absolute atomic E-state index is 5.67. The number of nitrogens with two attached hydrogens (primary N) is 1. The van der Waals surface area contributed by atoms with E-state index in [4.69, 9.17) is 10.6 Å². The number of rotatable bonds is 4. The van der Waals surface area contributed by atoms with E-state index in [1.807, 2.05) is 11.7 Å². The molecule has 0 radical (unpaired) electrons. The monoisotopic (exact) mass is 224 g/mol. The third kappa shape index (κ3) is 2.11. The molecule has 1 aliphatic heterocycles. The molecule has 1 aromatic heterocycles. The number of aryl methyl sites for hydroxylation is 2. The molecule has 0 amide bonds. The van der Waals surface area contributed by atoms with Gasteiger partial charge in [0.2, 0.25) is 0 Å². The van der Waals surface area contributed by atoms with E-state index in [0.717, 1.165) is 31.7 Å². The van der Waals surface area contributed by atoms with Crippen LogP contribution in [-0.4, -0.2) is 23.0 Å². The third-order valence-electron chi connectivity index (χ3n) is 3.22. The zero-order valence-corrected chi connectivity index (χ0v) is 9.94. The number of hydrogen-bond acceptors (Lipinski definition) is 4. The van der Waals surface area contributed by atoms with Crippen LogP contribution >= 0.6 is 0 Å². The van der Waals surface area contributed by atoms with E-state index in [9.17, 15) is 0 Å². The molecule has 0 bridgehead atoms. The van der Waals surface area contributed by atoms with Crippen molar-refractivity contribution in [3.05, 3.63) is 17.5 Å². The highest BCUT2D eigenvalue weighted by Crippen LogP contribution is 2.29. The Morgan fingerprint density at radius 2 is 2.56 bits per heavy atom. The minimum absolute atomic E-state index is 0.158. The van der Waals surface area contributed by atoms with Crippen LogP contribution in [0.3, 0.4) is 0 Å². The Hall–Kier alpha value is -0.910. The molecule has 0 aromatic carbocycles. The van der Waals surface area contributed by atoms with Gasteiger partial charge in [0.1, 0.15) is 0 Å². The summed E-state index contributed by atoms with van der Waals surface area (Å²) >= 11 is 0. The zero-order chi connectivity index (χ0) is 11.5. The molecule has 2 unspecified atom stereocenters. The first-order chi connectivity index (χ1) is 7.76. The molecule has 16 heavy (non-hydrogen) atoms. The molecule has 3 N–H and O–H groups in total. The lowest BCUT2D eigenvalue weighted by atomic mass is 9.92. The minimum atomic E-state index is 0.158. The summed E-state index contributed by atoms with van der Waals surface area (Å²) in [6.07, 6.45) is 4.05. The Morgan fingerprint density at radius 3 is 3.12 bits per heavy atom. The number of nitrogens with zero attached hydrogens (tertiary/aromatic N) is 2. The summed E-state index contributed by atoms with van der Waals surface area (Å²) in [5.41, 5.74) is 5.25. The van der Waals surface area contributed by atoms with Gasteiger partial charge in [-0.3, -0.25) is 16.0 Å². The third-order valence-corrected chi connectivity index (χ3v) is 3.22. The smallest absolute Gasteiger partial charge is 0.0670 e. The Bertz CT molecular complexity index is 344. The fourth-order valence-corrected chi connectivity index (χ4v) is 2.38. The van der Waals surface area contributed by atoms with Gasteiger partial charge in [-0.15, -0.1) is 0 Å². The van der Waals surface area contributed by atoms with Gasteiger partial charge in [-0.25, -0.2) is 0 Å². The van der Waals surface area contributed by atoms with Crippen LogP contribution in [0.2, 0.25) is 0 Å². The van der Waals surface area contributed by atoms with Gasteiger partial charge < -0.3 is 4.74 Å². The Labute approximate surface area is 95.9 Å². The van der Waals surface area contributed by atoms with Gasteiger partial charge >= 0.3 is 0 Å². The van der Waals surface area contributed by atoms with Crippen molar-refractivity contribution in [2.24, 2.45) is 18.8 Å². The van der Waals surface area contributed by atoms with Crippen molar-refractivity contribution >= 4 is 0 Å². The second-order valence-corrected chi connectivity index (χ2v) is 4.33. The van der Waals surface area contributed by atoms with Crippen molar-refractivity contribution in [3.8, 4) is 0 Å². The molecule has 5 nitrogen and oxygen atoms in total. The quantitative estimate of drug-likeness (QED) is 0.578. The van der Waals surface area contributed by atoms with Gasteiger partial charge in [0.25, 0.3) is 0 Å². The largest absolute Gasteiger partial charge is 0.381 e. The van der Waals surface area contributed by atoms with Crippen molar-refractivity contribution in [2.75, 3.05) is 13.2 Å². The van der Waals surface area contributed by atoms with Crippen molar-refractivity contribution in [1.82, 2.24) is 15.2 Å². The summed E-state index contributed by atoms with van der Waals surface area (Å²) in [4.78, 5) is 0. The van der Waals surface area contributed by atoms with Crippen LogP contribution in [0.15, 0.2) is 6.20 Å². The number of nitrogens with one attached hydrogen (secondary N) is 1. The van der Waals surface area contributed by atoms with Crippen LogP contribution in [-0.2, 0) is 18.2 Å². The van der Waals surface area contributed by atoms with Crippen molar-refractivity contribution < 1.29 is 4.74 Å². The van der Waals surface area contributed by atoms with Gasteiger partial charge in [-0.2, -0.15) is 5.10 Å². The Morgan fingerprint density at radius 1 is 1.75 bits per heavy atom. The van der Waals surface area contributed by atoms with Crippen molar-refractivity contribution in [1.29, 1.82) is 0 Å². The Balaban J connectivity index is 2.24. The second-order valence-electron chi connectivity index (χ2n) is 4.33. The number of hydrogen-bond donors (Lipinski definition) is 2. The van der Waals surface area contributed by atoms with E-state index >= 15 is 0 Å². The van der Waals surface area contributed by atoms with Crippen LogP contribution in [0.5, 0.6) is 0 Å². The summed E-state index contributed by atoms with van der Waals surface area (Å²) in [6.45, 7) is 3.74. The molecule has 0 saturated carbocycles. The maximum atomic E-state index is 5.67. The van der Waals surface area contributed by atoms with E-state index in [0.29, 0.717) is 5.92 Å². The molecule has 0 aliphatic carbocycles. The number of hydrazine groups is 1. The van der Waals surface area contributed by atoms with Crippen LogP contribution < -0.4 is 11.3 Å². The zero-order valence-electron chi connectivity index (χ0n) is 9.94. The van der Waals surface area contributed by atoms with Crippen LogP contribution in [0.1, 0.15) is 30.6 Å². The molecule has 2 heterocycles. The average molecular weight is 224 g/mol. The Kier molecular flexibility index (Phi) is 3.58. The van der Waals surface area contributed by atoms with Crippen LogP contribution in [0.25, 0.3) is 0 Å². The van der Waals surface area contributed by atoms with E-state index < -0.39 is 0 Å². The minimum Gasteiger partial charge on any atom is -0.381 e. The fourth-order valence-electron chi connectivity index (χ4n) is 2.38. The second kappa shape index (κ2) is 4.95. The van der Waals surface area contributed by atoms with Crippen molar-refractivity contribution in [3.63, 3.8) is 0 Å². The molecule has 1 aromatic rings. The molecule has 0 spiro atoms. The molecule has 2 rings (SSSR count). The highest BCUT2D eigenvalue weighted by Gasteiger charge is 2.28. The molecule has 1 saturated heterocycles. The van der Waals surface area contributed by atoms with Gasteiger partial charge in [0.05, 0.1) is 18.3 Å². The van der Waals surface area contributed by atoms with Gasteiger partial charge in [0.15, 0.2) is 0 Å². The van der Waals surface area contributed by atoms with Crippen molar-refractivity contribution in [2.45, 2.75) is 25.8 Å². The maximum Gasteiger partial charge on any atom is 0.0670 e. The van der Waals surface area contributed by atoms with Gasteiger partial charge in [-0.1, -0.05) is 6.92 Å². The highest BCUT2D eigenvalue weighted by atomic mass is 16.5. The molecule has 2 atom stereocenters. The molecule has 1 aliphatic rings. The van der Waals surface area contributed by atoms with Crippen LogP contribution in [0, 0.1) is 5.92 Å². The predicted molar refractivity (Wildman–Crippen MR) is 61.6 cm³/mol. The topological polar surface area (TPSA) is 65.1 Å². The highest BCUT2D eigenvalue weighted by molar-refractivity contribution is 5.22. The standard InChI is InChI=1S/C11H20N4O/c1-3-10-9(6-15(2)14-10)11(13-12)8-4-5-16-7-8/h6,8,11,13H,3-5,7,12H2,1-2H3. The van der Waals surface area contributed by atoms with Gasteiger partial charge in [0, 0.05) is 31.3 Å². The molecule has 1 fully saturated rings. The first kappa shape index (κ1) is 11.6. The van der Waals surface area contributed by atoms with E-state index in [2.05, 4.69) is 23.6 Å². The van der Waals surface area contributed by atoms with Gasteiger partial charge in [-0.05, 0) is 12.8 Å². The summed E-state index contributed by atoms with van der Waals surface area (Å²) in [5, 5.41) is 4.45. The molecule has 5 heteroatoms.